The van der Waals surface area contributed by atoms with Gasteiger partial charge in [0.05, 0.1) is 6.33 Å². The average Bonchev–Trinajstić information content (AvgIpc) is 3.45. The lowest BCUT2D eigenvalue weighted by molar-refractivity contribution is 0.409. The molecule has 3 fully saturated rings. The van der Waals surface area contributed by atoms with E-state index in [2.05, 4.69) is 21.8 Å². The van der Waals surface area contributed by atoms with Crippen molar-refractivity contribution in [1.29, 1.82) is 0 Å². The third-order valence-corrected chi connectivity index (χ3v) is 7.68. The van der Waals surface area contributed by atoms with Gasteiger partial charge in [0.25, 0.3) is 0 Å². The Kier molecular flexibility index (Phi) is 5.81. The highest BCUT2D eigenvalue weighted by Gasteiger charge is 2.27. The molecule has 0 aliphatic heterocycles. The molecule has 0 radical (unpaired) electrons. The Balaban J connectivity index is 1.49. The van der Waals surface area contributed by atoms with Crippen LogP contribution in [0.5, 0.6) is 0 Å². The summed E-state index contributed by atoms with van der Waals surface area (Å²) in [5, 5.41) is 3.65. The second-order valence-corrected chi connectivity index (χ2v) is 9.79. The molecule has 3 N–H and O–H groups in total. The highest BCUT2D eigenvalue weighted by molar-refractivity contribution is 5.85. The van der Waals surface area contributed by atoms with E-state index in [9.17, 15) is 0 Å². The van der Waals surface area contributed by atoms with Crippen molar-refractivity contribution < 1.29 is 0 Å². The minimum absolute atomic E-state index is 0.350. The van der Waals surface area contributed by atoms with Crippen LogP contribution in [0.4, 0.5) is 11.8 Å². The van der Waals surface area contributed by atoms with E-state index in [1.54, 1.807) is 0 Å². The van der Waals surface area contributed by atoms with Crippen molar-refractivity contribution in [2.24, 2.45) is 5.73 Å². The largest absolute Gasteiger partial charge is 0.355 e. The fourth-order valence-corrected chi connectivity index (χ4v) is 5.75. The third-order valence-electron chi connectivity index (χ3n) is 7.68. The topological polar surface area (TPSA) is 84.9 Å². The van der Waals surface area contributed by atoms with E-state index in [4.69, 9.17) is 20.7 Å². The van der Waals surface area contributed by atoms with Crippen molar-refractivity contribution in [3.8, 4) is 0 Å². The van der Waals surface area contributed by atoms with Gasteiger partial charge in [-0.3, -0.25) is 0 Å². The summed E-state index contributed by atoms with van der Waals surface area (Å²) in [5.74, 6) is 1.76. The van der Waals surface area contributed by atoms with E-state index in [-0.39, 0.29) is 0 Å². The second-order valence-electron chi connectivity index (χ2n) is 9.79. The molecule has 30 heavy (non-hydrogen) atoms. The molecule has 0 unspecified atom stereocenters. The summed E-state index contributed by atoms with van der Waals surface area (Å²) < 4.78 is 2.32. The predicted molar refractivity (Wildman–Crippen MR) is 122 cm³/mol. The molecule has 164 valence electrons. The molecule has 0 amide bonds. The van der Waals surface area contributed by atoms with Gasteiger partial charge in [-0.05, 0) is 51.4 Å². The number of nitrogens with zero attached hydrogens (tertiary/aromatic N) is 5. The lowest BCUT2D eigenvalue weighted by Gasteiger charge is -2.32. The van der Waals surface area contributed by atoms with Crippen molar-refractivity contribution in [2.45, 2.75) is 108 Å². The zero-order chi connectivity index (χ0) is 20.5. The standard InChI is InChI=1S/C23H37N7/c1-29(18-7-3-2-4-8-18)21-20-22(30(15-25-20)19-9-5-6-10-19)28-23(27-21)26-17-13-11-16(24)12-14-17/h15-19H,2-14,24H2,1H3,(H,26,27,28)/t16-,17-. The molecule has 0 bridgehead atoms. The van der Waals surface area contributed by atoms with Crippen LogP contribution in [-0.2, 0) is 0 Å². The average molecular weight is 412 g/mol. The first-order chi connectivity index (χ1) is 14.7. The van der Waals surface area contributed by atoms with Gasteiger partial charge in [-0.2, -0.15) is 9.97 Å². The Morgan fingerprint density at radius 2 is 1.63 bits per heavy atom. The zero-order valence-corrected chi connectivity index (χ0v) is 18.4. The number of rotatable bonds is 5. The van der Waals surface area contributed by atoms with Crippen molar-refractivity contribution in [2.75, 3.05) is 17.3 Å². The van der Waals surface area contributed by atoms with Gasteiger partial charge in [-0.1, -0.05) is 32.1 Å². The van der Waals surface area contributed by atoms with E-state index in [0.29, 0.717) is 24.2 Å². The van der Waals surface area contributed by atoms with Crippen LogP contribution in [0.3, 0.4) is 0 Å². The van der Waals surface area contributed by atoms with Crippen molar-refractivity contribution in [3.05, 3.63) is 6.33 Å². The van der Waals surface area contributed by atoms with Gasteiger partial charge in [0.15, 0.2) is 17.0 Å². The fraction of sp³-hybridized carbons (Fsp3) is 0.783. The maximum absolute atomic E-state index is 6.11. The number of hydrogen-bond donors (Lipinski definition) is 2. The van der Waals surface area contributed by atoms with Gasteiger partial charge in [-0.15, -0.1) is 0 Å². The minimum Gasteiger partial charge on any atom is -0.355 e. The molecule has 3 aliphatic rings. The SMILES string of the molecule is CN(c1nc(N[C@H]2CC[C@H](N)CC2)nc2c1ncn2C1CCCC1)C1CCCCC1. The molecule has 0 spiro atoms. The van der Waals surface area contributed by atoms with Crippen LogP contribution in [0.25, 0.3) is 11.2 Å². The Bertz CT molecular complexity index is 843. The molecular weight excluding hydrogens is 374 g/mol. The number of nitrogens with one attached hydrogen (secondary N) is 1. The summed E-state index contributed by atoms with van der Waals surface area (Å²) in [6.45, 7) is 0. The molecule has 7 heteroatoms. The summed E-state index contributed by atoms with van der Waals surface area (Å²) in [5.41, 5.74) is 8.08. The lowest BCUT2D eigenvalue weighted by atomic mass is 9.92. The number of nitrogens with two attached hydrogens (primary N) is 1. The van der Waals surface area contributed by atoms with E-state index in [1.165, 1.54) is 57.8 Å². The Morgan fingerprint density at radius 3 is 2.37 bits per heavy atom. The van der Waals surface area contributed by atoms with Gasteiger partial charge in [-0.25, -0.2) is 4.98 Å². The van der Waals surface area contributed by atoms with E-state index < -0.39 is 0 Å². The summed E-state index contributed by atoms with van der Waals surface area (Å²) >= 11 is 0. The quantitative estimate of drug-likeness (QED) is 0.759. The van der Waals surface area contributed by atoms with Gasteiger partial charge in [0, 0.05) is 31.2 Å². The zero-order valence-electron chi connectivity index (χ0n) is 18.4. The first-order valence-electron chi connectivity index (χ1n) is 12.2. The van der Waals surface area contributed by atoms with E-state index in [0.717, 1.165) is 48.6 Å². The molecule has 2 heterocycles. The number of fused-ring (bicyclic) bond motifs is 1. The molecule has 3 aliphatic carbocycles. The number of anilines is 2. The van der Waals surface area contributed by atoms with Gasteiger partial charge in [0.1, 0.15) is 0 Å². The fourth-order valence-electron chi connectivity index (χ4n) is 5.75. The summed E-state index contributed by atoms with van der Waals surface area (Å²) in [4.78, 5) is 17.2. The number of imidazole rings is 1. The summed E-state index contributed by atoms with van der Waals surface area (Å²) in [6, 6.07) is 1.84. The maximum Gasteiger partial charge on any atom is 0.227 e. The first-order valence-corrected chi connectivity index (χ1v) is 12.2. The highest BCUT2D eigenvalue weighted by atomic mass is 15.3. The molecule has 5 rings (SSSR count). The molecule has 0 aromatic carbocycles. The van der Waals surface area contributed by atoms with Gasteiger partial charge < -0.3 is 20.5 Å². The maximum atomic E-state index is 6.11. The molecular formula is C23H37N7. The van der Waals surface area contributed by atoms with Crippen LogP contribution < -0.4 is 16.0 Å². The molecule has 7 nitrogen and oxygen atoms in total. The summed E-state index contributed by atoms with van der Waals surface area (Å²) in [6.07, 6.45) is 17.9. The van der Waals surface area contributed by atoms with Crippen molar-refractivity contribution >= 4 is 22.9 Å². The molecule has 0 saturated heterocycles. The van der Waals surface area contributed by atoms with Crippen LogP contribution in [0.1, 0.15) is 89.5 Å². The Morgan fingerprint density at radius 1 is 0.933 bits per heavy atom. The van der Waals surface area contributed by atoms with E-state index in [1.807, 2.05) is 6.33 Å². The third kappa shape index (κ3) is 4.01. The first kappa shape index (κ1) is 20.0. The van der Waals surface area contributed by atoms with Crippen LogP contribution in [0.15, 0.2) is 6.33 Å². The highest BCUT2D eigenvalue weighted by Crippen LogP contribution is 2.35. The monoisotopic (exact) mass is 411 g/mol. The molecule has 3 saturated carbocycles. The van der Waals surface area contributed by atoms with Crippen LogP contribution in [0.2, 0.25) is 0 Å². The van der Waals surface area contributed by atoms with Crippen LogP contribution >= 0.6 is 0 Å². The Hall–Kier alpha value is -1.89. The number of aromatic nitrogens is 4. The van der Waals surface area contributed by atoms with Crippen LogP contribution in [0, 0.1) is 0 Å². The Labute approximate surface area is 179 Å². The van der Waals surface area contributed by atoms with Gasteiger partial charge >= 0.3 is 0 Å². The molecule has 0 atom stereocenters. The number of hydrogen-bond acceptors (Lipinski definition) is 6. The van der Waals surface area contributed by atoms with Crippen LogP contribution in [-0.4, -0.2) is 44.7 Å². The van der Waals surface area contributed by atoms with Gasteiger partial charge in [0.2, 0.25) is 5.95 Å². The lowest BCUT2D eigenvalue weighted by Crippen LogP contribution is -2.35. The minimum atomic E-state index is 0.350. The van der Waals surface area contributed by atoms with Crippen molar-refractivity contribution in [3.63, 3.8) is 0 Å². The summed E-state index contributed by atoms with van der Waals surface area (Å²) in [7, 11) is 2.20. The normalized spacial score (nSPS) is 26.3. The molecule has 2 aromatic rings. The molecule has 2 aromatic heterocycles. The predicted octanol–water partition coefficient (Wildman–Crippen LogP) is 4.39. The van der Waals surface area contributed by atoms with Crippen molar-refractivity contribution in [1.82, 2.24) is 19.5 Å². The second kappa shape index (κ2) is 8.69. The smallest absolute Gasteiger partial charge is 0.227 e. The van der Waals surface area contributed by atoms with E-state index >= 15 is 0 Å².